The topological polar surface area (TPSA) is 38.0 Å². The highest BCUT2D eigenvalue weighted by Crippen LogP contribution is 2.44. The van der Waals surface area contributed by atoms with Gasteiger partial charge in [0.15, 0.2) is 0 Å². The van der Waals surface area contributed by atoms with Gasteiger partial charge in [-0.1, -0.05) is 6.42 Å². The molecule has 0 aliphatic heterocycles. The van der Waals surface area contributed by atoms with Crippen LogP contribution in [-0.2, 0) is 6.54 Å². The molecule has 3 unspecified atom stereocenters. The van der Waals surface area contributed by atoms with Crippen LogP contribution in [0, 0.1) is 11.8 Å². The van der Waals surface area contributed by atoms with Gasteiger partial charge in [0.2, 0.25) is 0 Å². The molecule has 1 N–H and O–H groups in total. The number of alkyl halides is 3. The van der Waals surface area contributed by atoms with E-state index in [9.17, 15) is 18.3 Å². The number of rotatable bonds is 3. The van der Waals surface area contributed by atoms with Crippen molar-refractivity contribution in [2.75, 3.05) is 0 Å². The van der Waals surface area contributed by atoms with Gasteiger partial charge in [0.1, 0.15) is 0 Å². The van der Waals surface area contributed by atoms with E-state index in [4.69, 9.17) is 0 Å². The van der Waals surface area contributed by atoms with E-state index in [2.05, 4.69) is 21.0 Å². The van der Waals surface area contributed by atoms with Crippen molar-refractivity contribution < 1.29 is 18.3 Å². The predicted molar refractivity (Wildman–Crippen MR) is 72.1 cm³/mol. The minimum Gasteiger partial charge on any atom is -0.386 e. The maximum atomic E-state index is 12.8. The van der Waals surface area contributed by atoms with Gasteiger partial charge in [-0.15, -0.1) is 0 Å². The van der Waals surface area contributed by atoms with Gasteiger partial charge >= 0.3 is 6.18 Å². The molecule has 0 bridgehead atoms. The van der Waals surface area contributed by atoms with Gasteiger partial charge in [0.05, 0.1) is 28.4 Å². The Morgan fingerprint density at radius 2 is 2.20 bits per heavy atom. The summed E-state index contributed by atoms with van der Waals surface area (Å²) in [5.74, 6) is -1.67. The molecule has 1 heterocycles. The number of aryl methyl sites for hydroxylation is 1. The SMILES string of the molecule is CCn1ncc(Br)c1C(O)C1CCCC(C(F)(F)F)C1. The fourth-order valence-corrected chi connectivity index (χ4v) is 3.48. The Kier molecular flexibility index (Phi) is 4.79. The third-order valence-electron chi connectivity index (χ3n) is 4.04. The summed E-state index contributed by atoms with van der Waals surface area (Å²) in [4.78, 5) is 0. The van der Waals surface area contributed by atoms with Crippen molar-refractivity contribution in [2.45, 2.75) is 51.4 Å². The fraction of sp³-hybridized carbons (Fsp3) is 0.769. The highest BCUT2D eigenvalue weighted by atomic mass is 79.9. The Balaban J connectivity index is 2.16. The summed E-state index contributed by atoms with van der Waals surface area (Å²) in [6.07, 6.45) is -2.21. The molecule has 1 aromatic heterocycles. The van der Waals surface area contributed by atoms with Crippen molar-refractivity contribution in [1.82, 2.24) is 9.78 Å². The standard InChI is InChI=1S/C13H18BrF3N2O/c1-2-19-11(10(14)7-18-19)12(20)8-4-3-5-9(6-8)13(15,16)17/h7-9,12,20H,2-6H2,1H3. The lowest BCUT2D eigenvalue weighted by Crippen LogP contribution is -2.31. The first kappa shape index (κ1) is 15.8. The van der Waals surface area contributed by atoms with Gasteiger partial charge in [-0.3, -0.25) is 4.68 Å². The molecule has 114 valence electrons. The van der Waals surface area contributed by atoms with Crippen LogP contribution in [0.1, 0.15) is 44.4 Å². The molecule has 0 radical (unpaired) electrons. The van der Waals surface area contributed by atoms with E-state index in [1.807, 2.05) is 6.92 Å². The molecule has 7 heteroatoms. The van der Waals surface area contributed by atoms with Crippen molar-refractivity contribution in [2.24, 2.45) is 11.8 Å². The average Bonchev–Trinajstić information content (AvgIpc) is 2.78. The second kappa shape index (κ2) is 6.05. The lowest BCUT2D eigenvalue weighted by molar-refractivity contribution is -0.189. The minimum absolute atomic E-state index is 0.00794. The number of aliphatic hydroxyl groups excluding tert-OH is 1. The van der Waals surface area contributed by atoms with Gasteiger partial charge in [-0.25, -0.2) is 0 Å². The largest absolute Gasteiger partial charge is 0.391 e. The number of aliphatic hydroxyl groups is 1. The van der Waals surface area contributed by atoms with Gasteiger partial charge < -0.3 is 5.11 Å². The summed E-state index contributed by atoms with van der Waals surface area (Å²) in [6.45, 7) is 2.46. The number of nitrogens with zero attached hydrogens (tertiary/aromatic N) is 2. The van der Waals surface area contributed by atoms with Crippen LogP contribution in [0.15, 0.2) is 10.7 Å². The van der Waals surface area contributed by atoms with E-state index in [1.165, 1.54) is 0 Å². The van der Waals surface area contributed by atoms with Gasteiger partial charge in [-0.05, 0) is 48.0 Å². The Morgan fingerprint density at radius 1 is 1.50 bits per heavy atom. The summed E-state index contributed by atoms with van der Waals surface area (Å²) in [6, 6.07) is 0. The monoisotopic (exact) mass is 354 g/mol. The number of hydrogen-bond donors (Lipinski definition) is 1. The van der Waals surface area contributed by atoms with Crippen LogP contribution >= 0.6 is 15.9 Å². The van der Waals surface area contributed by atoms with Crippen molar-refractivity contribution in [1.29, 1.82) is 0 Å². The van der Waals surface area contributed by atoms with Gasteiger partial charge in [0, 0.05) is 6.54 Å². The first-order valence-corrected chi connectivity index (χ1v) is 7.59. The van der Waals surface area contributed by atoms with E-state index < -0.39 is 18.2 Å². The van der Waals surface area contributed by atoms with Crippen molar-refractivity contribution in [3.05, 3.63) is 16.4 Å². The number of hydrogen-bond acceptors (Lipinski definition) is 2. The van der Waals surface area contributed by atoms with Gasteiger partial charge in [0.25, 0.3) is 0 Å². The Bertz CT molecular complexity index is 461. The molecule has 1 aliphatic carbocycles. The van der Waals surface area contributed by atoms with Crippen LogP contribution in [-0.4, -0.2) is 21.1 Å². The molecule has 3 atom stereocenters. The molecule has 0 saturated heterocycles. The van der Waals surface area contributed by atoms with Crippen molar-refractivity contribution in [3.63, 3.8) is 0 Å². The van der Waals surface area contributed by atoms with E-state index in [0.29, 0.717) is 29.6 Å². The summed E-state index contributed by atoms with van der Waals surface area (Å²) in [5.41, 5.74) is 0.584. The zero-order valence-electron chi connectivity index (χ0n) is 11.2. The highest BCUT2D eigenvalue weighted by molar-refractivity contribution is 9.10. The number of aromatic nitrogens is 2. The molecular formula is C13H18BrF3N2O. The Hall–Kier alpha value is -0.560. The van der Waals surface area contributed by atoms with Crippen LogP contribution in [0.3, 0.4) is 0 Å². The second-order valence-corrected chi connectivity index (χ2v) is 6.16. The van der Waals surface area contributed by atoms with Crippen LogP contribution in [0.2, 0.25) is 0 Å². The van der Waals surface area contributed by atoms with Crippen LogP contribution in [0.5, 0.6) is 0 Å². The lowest BCUT2D eigenvalue weighted by Gasteiger charge is -2.33. The molecule has 3 nitrogen and oxygen atoms in total. The molecule has 0 spiro atoms. The first-order chi connectivity index (χ1) is 9.34. The minimum atomic E-state index is -4.17. The highest BCUT2D eigenvalue weighted by Gasteiger charge is 2.44. The molecule has 0 amide bonds. The van der Waals surface area contributed by atoms with Crippen molar-refractivity contribution in [3.8, 4) is 0 Å². The third kappa shape index (κ3) is 3.19. The molecule has 1 saturated carbocycles. The van der Waals surface area contributed by atoms with Crippen LogP contribution in [0.4, 0.5) is 13.2 Å². The molecule has 1 aromatic rings. The zero-order chi connectivity index (χ0) is 14.9. The fourth-order valence-electron chi connectivity index (χ4n) is 2.95. The quantitative estimate of drug-likeness (QED) is 0.888. The summed E-state index contributed by atoms with van der Waals surface area (Å²) < 4.78 is 40.8. The summed E-state index contributed by atoms with van der Waals surface area (Å²) in [7, 11) is 0. The number of halogens is 4. The zero-order valence-corrected chi connectivity index (χ0v) is 12.8. The lowest BCUT2D eigenvalue weighted by atomic mass is 9.77. The Labute approximate surface area is 124 Å². The van der Waals surface area contributed by atoms with E-state index >= 15 is 0 Å². The van der Waals surface area contributed by atoms with E-state index in [0.717, 1.165) is 0 Å². The predicted octanol–water partition coefficient (Wildman–Crippen LogP) is 4.07. The normalized spacial score (nSPS) is 25.7. The maximum absolute atomic E-state index is 12.8. The van der Waals surface area contributed by atoms with E-state index in [-0.39, 0.29) is 18.8 Å². The third-order valence-corrected chi connectivity index (χ3v) is 4.65. The average molecular weight is 355 g/mol. The second-order valence-electron chi connectivity index (χ2n) is 5.30. The molecule has 0 aromatic carbocycles. The van der Waals surface area contributed by atoms with E-state index in [1.54, 1.807) is 10.9 Å². The molecule has 1 fully saturated rings. The van der Waals surface area contributed by atoms with Crippen LogP contribution in [0.25, 0.3) is 0 Å². The summed E-state index contributed by atoms with van der Waals surface area (Å²) >= 11 is 3.31. The molecular weight excluding hydrogens is 337 g/mol. The Morgan fingerprint density at radius 3 is 2.80 bits per heavy atom. The molecule has 20 heavy (non-hydrogen) atoms. The van der Waals surface area contributed by atoms with Gasteiger partial charge in [-0.2, -0.15) is 18.3 Å². The maximum Gasteiger partial charge on any atom is 0.391 e. The van der Waals surface area contributed by atoms with Crippen LogP contribution < -0.4 is 0 Å². The smallest absolute Gasteiger partial charge is 0.386 e. The molecule has 2 rings (SSSR count). The first-order valence-electron chi connectivity index (χ1n) is 6.80. The summed E-state index contributed by atoms with van der Waals surface area (Å²) in [5, 5.41) is 14.6. The molecule has 1 aliphatic rings. The van der Waals surface area contributed by atoms with Crippen molar-refractivity contribution >= 4 is 15.9 Å².